The zero-order chi connectivity index (χ0) is 45.1. The Morgan fingerprint density at radius 1 is 0.339 bits per heavy atom. The number of esters is 3. The third-order valence-corrected chi connectivity index (χ3v) is 9.41. The van der Waals surface area contributed by atoms with Gasteiger partial charge in [-0.3, -0.25) is 14.4 Å². The zero-order valence-corrected chi connectivity index (χ0v) is 39.3. The summed E-state index contributed by atoms with van der Waals surface area (Å²) in [4.78, 5) is 37.6. The van der Waals surface area contributed by atoms with Crippen LogP contribution in [0.4, 0.5) is 0 Å². The van der Waals surface area contributed by atoms with E-state index in [1.165, 1.54) is 19.3 Å². The van der Waals surface area contributed by atoms with Crippen LogP contribution in [0.5, 0.6) is 0 Å². The average molecular weight is 855 g/mol. The zero-order valence-electron chi connectivity index (χ0n) is 39.3. The van der Waals surface area contributed by atoms with Gasteiger partial charge in [0.05, 0.1) is 0 Å². The third-order valence-electron chi connectivity index (χ3n) is 9.41. The van der Waals surface area contributed by atoms with E-state index in [0.717, 1.165) is 109 Å². The standard InChI is InChI=1S/C56H86O6/c1-4-7-10-13-16-18-20-22-24-26-28-30-32-34-36-38-40-43-46-49-55(58)61-52-53(51-60-54(57)48-45-42-15-12-9-6-3)62-56(59)50-47-44-41-39-37-35-33-31-29-27-25-23-21-19-17-14-11-8-5-2/h7-8,10-11,16-19,22-25,28-31,34-37,40,43,53H,4-6,9,12-15,20-21,26-27,32-33,38-39,41-42,44-52H2,1-3H3/b10-7-,11-8-,18-16-,19-17-,24-22-,25-23-,30-28-,31-29-,36-34-,37-35-,43-40-. The molecule has 0 amide bonds. The molecule has 1 atom stereocenters. The van der Waals surface area contributed by atoms with Crippen LogP contribution in [0.15, 0.2) is 134 Å². The molecule has 0 aromatic carbocycles. The van der Waals surface area contributed by atoms with E-state index in [1.54, 1.807) is 0 Å². The molecule has 0 aromatic heterocycles. The van der Waals surface area contributed by atoms with Crippen molar-refractivity contribution in [1.29, 1.82) is 0 Å². The Morgan fingerprint density at radius 2 is 0.661 bits per heavy atom. The minimum atomic E-state index is -0.827. The maximum atomic E-state index is 12.7. The normalized spacial score (nSPS) is 13.3. The van der Waals surface area contributed by atoms with Crippen molar-refractivity contribution in [3.8, 4) is 0 Å². The summed E-state index contributed by atoms with van der Waals surface area (Å²) in [5, 5.41) is 0. The van der Waals surface area contributed by atoms with Gasteiger partial charge in [-0.15, -0.1) is 0 Å². The van der Waals surface area contributed by atoms with Gasteiger partial charge in [0, 0.05) is 19.3 Å². The van der Waals surface area contributed by atoms with Gasteiger partial charge in [-0.05, 0) is 103 Å². The van der Waals surface area contributed by atoms with E-state index in [4.69, 9.17) is 14.2 Å². The molecule has 0 fully saturated rings. The lowest BCUT2D eigenvalue weighted by molar-refractivity contribution is -0.166. The second-order valence-electron chi connectivity index (χ2n) is 15.3. The van der Waals surface area contributed by atoms with Gasteiger partial charge in [0.1, 0.15) is 13.2 Å². The molecule has 0 heterocycles. The Bertz CT molecular complexity index is 1400. The number of rotatable bonds is 41. The molecular weight excluding hydrogens is 769 g/mol. The second-order valence-corrected chi connectivity index (χ2v) is 15.3. The molecule has 0 aliphatic rings. The minimum absolute atomic E-state index is 0.120. The third kappa shape index (κ3) is 46.6. The van der Waals surface area contributed by atoms with E-state index in [-0.39, 0.29) is 44.0 Å². The second kappa shape index (κ2) is 49.2. The largest absolute Gasteiger partial charge is 0.462 e. The molecule has 0 saturated carbocycles. The van der Waals surface area contributed by atoms with Crippen LogP contribution >= 0.6 is 0 Å². The SMILES string of the molecule is CC/C=C\C/C=C\C/C=C\C/C=C\C/C=C\C/C=C\CCC(=O)OCC(COC(=O)CCCCCCCC)OC(=O)CCCCC/C=C\C/C=C\C/C=C\C/C=C\C/C=C\CC. The molecule has 1 unspecified atom stereocenters. The van der Waals surface area contributed by atoms with Crippen LogP contribution in [0.25, 0.3) is 0 Å². The first-order chi connectivity index (χ1) is 30.5. The first-order valence-corrected chi connectivity index (χ1v) is 24.2. The maximum Gasteiger partial charge on any atom is 0.306 e. The van der Waals surface area contributed by atoms with E-state index >= 15 is 0 Å². The van der Waals surface area contributed by atoms with Crippen LogP contribution in [0.1, 0.15) is 181 Å². The highest BCUT2D eigenvalue weighted by Crippen LogP contribution is 2.11. The molecule has 62 heavy (non-hydrogen) atoms. The average Bonchev–Trinajstić information content (AvgIpc) is 3.27. The fourth-order valence-corrected chi connectivity index (χ4v) is 5.84. The van der Waals surface area contributed by atoms with E-state index in [9.17, 15) is 14.4 Å². The Labute approximate surface area is 379 Å². The van der Waals surface area contributed by atoms with Crippen molar-refractivity contribution in [3.05, 3.63) is 134 Å². The molecule has 0 aliphatic carbocycles. The Morgan fingerprint density at radius 3 is 1.08 bits per heavy atom. The van der Waals surface area contributed by atoms with Crippen LogP contribution in [0.3, 0.4) is 0 Å². The summed E-state index contributed by atoms with van der Waals surface area (Å²) in [5.74, 6) is -1.06. The molecule has 6 nitrogen and oxygen atoms in total. The number of carbonyl (C=O) groups excluding carboxylic acids is 3. The summed E-state index contributed by atoms with van der Waals surface area (Å²) in [6.45, 7) is 6.22. The number of ether oxygens (including phenoxy) is 3. The molecule has 0 radical (unpaired) electrons. The molecule has 346 valence electrons. The van der Waals surface area contributed by atoms with Gasteiger partial charge in [-0.1, -0.05) is 193 Å². The predicted molar refractivity (Wildman–Crippen MR) is 265 cm³/mol. The number of carbonyl (C=O) groups is 3. The van der Waals surface area contributed by atoms with Crippen molar-refractivity contribution >= 4 is 17.9 Å². The van der Waals surface area contributed by atoms with Gasteiger partial charge in [0.25, 0.3) is 0 Å². The van der Waals surface area contributed by atoms with Crippen LogP contribution in [0, 0.1) is 0 Å². The smallest absolute Gasteiger partial charge is 0.306 e. The van der Waals surface area contributed by atoms with Crippen LogP contribution in [-0.4, -0.2) is 37.2 Å². The molecular formula is C56H86O6. The van der Waals surface area contributed by atoms with Gasteiger partial charge in [0.15, 0.2) is 6.10 Å². The topological polar surface area (TPSA) is 78.9 Å². The maximum absolute atomic E-state index is 12.7. The Hall–Kier alpha value is -4.45. The Balaban J connectivity index is 4.46. The molecule has 0 aromatic rings. The number of hydrogen-bond donors (Lipinski definition) is 0. The molecule has 0 bridgehead atoms. The van der Waals surface area contributed by atoms with Gasteiger partial charge in [0.2, 0.25) is 0 Å². The lowest BCUT2D eigenvalue weighted by atomic mass is 10.1. The van der Waals surface area contributed by atoms with Crippen molar-refractivity contribution in [2.24, 2.45) is 0 Å². The lowest BCUT2D eigenvalue weighted by Gasteiger charge is -2.18. The molecule has 0 rings (SSSR count). The Kier molecular flexibility index (Phi) is 45.7. The van der Waals surface area contributed by atoms with Crippen LogP contribution in [0.2, 0.25) is 0 Å². The molecule has 0 saturated heterocycles. The summed E-state index contributed by atoms with van der Waals surface area (Å²) in [7, 11) is 0. The van der Waals surface area contributed by atoms with Gasteiger partial charge in [-0.2, -0.15) is 0 Å². The van der Waals surface area contributed by atoms with E-state index < -0.39 is 6.10 Å². The van der Waals surface area contributed by atoms with Gasteiger partial charge >= 0.3 is 17.9 Å². The van der Waals surface area contributed by atoms with E-state index in [0.29, 0.717) is 19.3 Å². The molecule has 6 heteroatoms. The van der Waals surface area contributed by atoms with Crippen LogP contribution < -0.4 is 0 Å². The summed E-state index contributed by atoms with van der Waals surface area (Å²) in [5.41, 5.74) is 0. The first kappa shape index (κ1) is 57.5. The number of hydrogen-bond acceptors (Lipinski definition) is 6. The van der Waals surface area contributed by atoms with Crippen molar-refractivity contribution in [2.45, 2.75) is 187 Å². The summed E-state index contributed by atoms with van der Waals surface area (Å²) in [6, 6.07) is 0. The highest BCUT2D eigenvalue weighted by atomic mass is 16.6. The van der Waals surface area contributed by atoms with Crippen molar-refractivity contribution < 1.29 is 28.6 Å². The summed E-state index contributed by atoms with van der Waals surface area (Å²) in [6.07, 6.45) is 69.0. The van der Waals surface area contributed by atoms with Gasteiger partial charge < -0.3 is 14.2 Å². The quantitative estimate of drug-likeness (QED) is 0.0264. The van der Waals surface area contributed by atoms with Crippen molar-refractivity contribution in [3.63, 3.8) is 0 Å². The van der Waals surface area contributed by atoms with Crippen molar-refractivity contribution in [1.82, 2.24) is 0 Å². The summed E-state index contributed by atoms with van der Waals surface area (Å²) < 4.78 is 16.6. The van der Waals surface area contributed by atoms with Crippen LogP contribution in [-0.2, 0) is 28.6 Å². The number of unbranched alkanes of at least 4 members (excludes halogenated alkanes) is 8. The molecule has 0 N–H and O–H groups in total. The summed E-state index contributed by atoms with van der Waals surface area (Å²) >= 11 is 0. The van der Waals surface area contributed by atoms with E-state index in [1.807, 2.05) is 12.2 Å². The highest BCUT2D eigenvalue weighted by molar-refractivity contribution is 5.71. The fraction of sp³-hybridized carbons (Fsp3) is 0.554. The van der Waals surface area contributed by atoms with E-state index in [2.05, 4.69) is 142 Å². The predicted octanol–water partition coefficient (Wildman–Crippen LogP) is 15.9. The van der Waals surface area contributed by atoms with Crippen molar-refractivity contribution in [2.75, 3.05) is 13.2 Å². The monoisotopic (exact) mass is 855 g/mol. The first-order valence-electron chi connectivity index (χ1n) is 24.2. The fourth-order valence-electron chi connectivity index (χ4n) is 5.84. The molecule has 0 spiro atoms. The lowest BCUT2D eigenvalue weighted by Crippen LogP contribution is -2.30. The van der Waals surface area contributed by atoms with Gasteiger partial charge in [-0.25, -0.2) is 0 Å². The minimum Gasteiger partial charge on any atom is -0.462 e. The molecule has 0 aliphatic heterocycles. The number of allylic oxidation sites excluding steroid dienone is 22. The highest BCUT2D eigenvalue weighted by Gasteiger charge is 2.19.